The molecule has 1 N–H and O–H groups in total. The van der Waals surface area contributed by atoms with Crippen LogP contribution in [0.5, 0.6) is 5.75 Å². The Hall–Kier alpha value is -2.25. The molecule has 8 heteroatoms. The van der Waals surface area contributed by atoms with Crippen molar-refractivity contribution in [2.24, 2.45) is 5.92 Å². The van der Waals surface area contributed by atoms with Gasteiger partial charge in [-0.2, -0.15) is 0 Å². The average molecular weight is 356 g/mol. The standard InChI is InChI=1S/C17H19F3N2O3/c18-17(19,20)25-14-4-2-1-3-11(14)7-8-21-16(24)12-9-15(23)22(10-12)13-5-6-13/h1-4,12-13H,5-10H2,(H,21,24). The molecule has 1 unspecified atom stereocenters. The molecule has 0 aromatic heterocycles. The van der Waals surface area contributed by atoms with Gasteiger partial charge in [0.1, 0.15) is 5.75 Å². The van der Waals surface area contributed by atoms with Gasteiger partial charge in [0, 0.05) is 25.6 Å². The number of carbonyl (C=O) groups excluding carboxylic acids is 2. The summed E-state index contributed by atoms with van der Waals surface area (Å²) < 4.78 is 41.2. The van der Waals surface area contributed by atoms with E-state index in [0.29, 0.717) is 12.1 Å². The third-order valence-electron chi connectivity index (χ3n) is 4.41. The van der Waals surface area contributed by atoms with Crippen LogP contribution < -0.4 is 10.1 Å². The Balaban J connectivity index is 1.50. The van der Waals surface area contributed by atoms with Gasteiger partial charge >= 0.3 is 6.36 Å². The molecule has 1 aromatic rings. The number of ether oxygens (including phenoxy) is 1. The number of benzene rings is 1. The third-order valence-corrected chi connectivity index (χ3v) is 4.41. The second kappa shape index (κ2) is 6.93. The second-order valence-corrected chi connectivity index (χ2v) is 6.37. The fraction of sp³-hybridized carbons (Fsp3) is 0.529. The molecule has 5 nitrogen and oxygen atoms in total. The highest BCUT2D eigenvalue weighted by Crippen LogP contribution is 2.32. The molecule has 2 fully saturated rings. The minimum atomic E-state index is -4.75. The van der Waals surface area contributed by atoms with Gasteiger partial charge in [-0.15, -0.1) is 13.2 Å². The number of likely N-dealkylation sites (tertiary alicyclic amines) is 1. The Labute approximate surface area is 143 Å². The van der Waals surface area contributed by atoms with E-state index in [4.69, 9.17) is 0 Å². The average Bonchev–Trinajstić information content (AvgIpc) is 3.30. The van der Waals surface area contributed by atoms with Crippen molar-refractivity contribution in [1.29, 1.82) is 0 Å². The van der Waals surface area contributed by atoms with Crippen LogP contribution in [0.4, 0.5) is 13.2 Å². The summed E-state index contributed by atoms with van der Waals surface area (Å²) in [5, 5.41) is 2.71. The normalized spacial score (nSPS) is 20.7. The van der Waals surface area contributed by atoms with Gasteiger partial charge in [-0.25, -0.2) is 0 Å². The van der Waals surface area contributed by atoms with Gasteiger partial charge in [-0.3, -0.25) is 9.59 Å². The highest BCUT2D eigenvalue weighted by Gasteiger charge is 2.41. The molecule has 1 saturated heterocycles. The van der Waals surface area contributed by atoms with Crippen molar-refractivity contribution >= 4 is 11.8 Å². The molecule has 0 spiro atoms. The number of alkyl halides is 3. The lowest BCUT2D eigenvalue weighted by Gasteiger charge is -2.16. The molecular weight excluding hydrogens is 337 g/mol. The lowest BCUT2D eigenvalue weighted by molar-refractivity contribution is -0.274. The van der Waals surface area contributed by atoms with Crippen molar-refractivity contribution < 1.29 is 27.5 Å². The SMILES string of the molecule is O=C(NCCc1ccccc1OC(F)(F)F)C1CC(=O)N(C2CC2)C1. The van der Waals surface area contributed by atoms with Gasteiger partial charge < -0.3 is 15.0 Å². The van der Waals surface area contributed by atoms with Crippen LogP contribution in [-0.4, -0.2) is 42.2 Å². The van der Waals surface area contributed by atoms with Crippen molar-refractivity contribution in [3.63, 3.8) is 0 Å². The maximum absolute atomic E-state index is 12.4. The van der Waals surface area contributed by atoms with E-state index in [-0.39, 0.29) is 48.9 Å². The van der Waals surface area contributed by atoms with Crippen LogP contribution in [-0.2, 0) is 16.0 Å². The number of para-hydroxylation sites is 1. The molecule has 1 aliphatic carbocycles. The number of halogens is 3. The first-order valence-electron chi connectivity index (χ1n) is 8.24. The van der Waals surface area contributed by atoms with E-state index in [1.807, 2.05) is 0 Å². The van der Waals surface area contributed by atoms with Gasteiger partial charge in [0.15, 0.2) is 0 Å². The van der Waals surface area contributed by atoms with Crippen molar-refractivity contribution in [1.82, 2.24) is 10.2 Å². The van der Waals surface area contributed by atoms with Gasteiger partial charge in [0.25, 0.3) is 0 Å². The molecule has 136 valence electrons. The van der Waals surface area contributed by atoms with Crippen LogP contribution in [0.1, 0.15) is 24.8 Å². The Kier molecular flexibility index (Phi) is 4.87. The Morgan fingerprint density at radius 3 is 2.68 bits per heavy atom. The smallest absolute Gasteiger partial charge is 0.406 e. The summed E-state index contributed by atoms with van der Waals surface area (Å²) >= 11 is 0. The molecule has 1 heterocycles. The summed E-state index contributed by atoms with van der Waals surface area (Å²) in [7, 11) is 0. The van der Waals surface area contributed by atoms with E-state index in [1.165, 1.54) is 18.2 Å². The molecule has 1 atom stereocenters. The van der Waals surface area contributed by atoms with Gasteiger partial charge in [-0.1, -0.05) is 18.2 Å². The van der Waals surface area contributed by atoms with Crippen LogP contribution in [0.3, 0.4) is 0 Å². The molecule has 2 aliphatic rings. The molecule has 3 rings (SSSR count). The maximum Gasteiger partial charge on any atom is 0.573 e. The fourth-order valence-electron chi connectivity index (χ4n) is 3.05. The summed E-state index contributed by atoms with van der Waals surface area (Å²) in [6, 6.07) is 6.13. The zero-order valence-corrected chi connectivity index (χ0v) is 13.5. The highest BCUT2D eigenvalue weighted by molar-refractivity contribution is 5.89. The van der Waals surface area contributed by atoms with Gasteiger partial charge in [0.05, 0.1) is 5.92 Å². The molecule has 1 aromatic carbocycles. The summed E-state index contributed by atoms with van der Waals surface area (Å²) in [6.45, 7) is 0.619. The predicted octanol–water partition coefficient (Wildman–Crippen LogP) is 2.25. The Morgan fingerprint density at radius 2 is 2.00 bits per heavy atom. The fourth-order valence-corrected chi connectivity index (χ4v) is 3.05. The van der Waals surface area contributed by atoms with Gasteiger partial charge in [-0.05, 0) is 30.9 Å². The molecule has 0 bridgehead atoms. The number of rotatable bonds is 6. The van der Waals surface area contributed by atoms with Crippen molar-refractivity contribution in [3.05, 3.63) is 29.8 Å². The number of nitrogens with one attached hydrogen (secondary N) is 1. The molecule has 0 radical (unpaired) electrons. The van der Waals surface area contributed by atoms with E-state index >= 15 is 0 Å². The summed E-state index contributed by atoms with van der Waals surface area (Å²) in [5.41, 5.74) is 0.363. The van der Waals surface area contributed by atoms with E-state index in [2.05, 4.69) is 10.1 Å². The predicted molar refractivity (Wildman–Crippen MR) is 82.7 cm³/mol. The zero-order chi connectivity index (χ0) is 18.0. The molecule has 2 amide bonds. The van der Waals surface area contributed by atoms with Gasteiger partial charge in [0.2, 0.25) is 11.8 Å². The number of amides is 2. The number of hydrogen-bond donors (Lipinski definition) is 1. The Morgan fingerprint density at radius 1 is 1.28 bits per heavy atom. The Bertz CT molecular complexity index is 659. The maximum atomic E-state index is 12.4. The lowest BCUT2D eigenvalue weighted by atomic mass is 10.1. The first-order chi connectivity index (χ1) is 11.8. The van der Waals surface area contributed by atoms with E-state index < -0.39 is 6.36 Å². The quantitative estimate of drug-likeness (QED) is 0.851. The van der Waals surface area contributed by atoms with E-state index in [9.17, 15) is 22.8 Å². The first-order valence-corrected chi connectivity index (χ1v) is 8.24. The number of nitrogens with zero attached hydrogens (tertiary/aromatic N) is 1. The number of carbonyl (C=O) groups is 2. The van der Waals surface area contributed by atoms with Crippen LogP contribution in [0.15, 0.2) is 24.3 Å². The minimum absolute atomic E-state index is 0.00609. The molecule has 1 saturated carbocycles. The largest absolute Gasteiger partial charge is 0.573 e. The minimum Gasteiger partial charge on any atom is -0.406 e. The second-order valence-electron chi connectivity index (χ2n) is 6.37. The third kappa shape index (κ3) is 4.64. The monoisotopic (exact) mass is 356 g/mol. The van der Waals surface area contributed by atoms with Crippen molar-refractivity contribution in [2.45, 2.75) is 38.1 Å². The van der Waals surface area contributed by atoms with Crippen LogP contribution >= 0.6 is 0 Å². The van der Waals surface area contributed by atoms with Crippen LogP contribution in [0.2, 0.25) is 0 Å². The topological polar surface area (TPSA) is 58.6 Å². The van der Waals surface area contributed by atoms with Crippen molar-refractivity contribution in [2.75, 3.05) is 13.1 Å². The summed E-state index contributed by atoms with van der Waals surface area (Å²) in [5.74, 6) is -0.868. The first kappa shape index (κ1) is 17.6. The molecular formula is C17H19F3N2O3. The zero-order valence-electron chi connectivity index (χ0n) is 13.5. The van der Waals surface area contributed by atoms with Crippen molar-refractivity contribution in [3.8, 4) is 5.75 Å². The summed E-state index contributed by atoms with van der Waals surface area (Å²) in [4.78, 5) is 25.8. The summed E-state index contributed by atoms with van der Waals surface area (Å²) in [6.07, 6.45) is -2.34. The van der Waals surface area contributed by atoms with E-state index in [0.717, 1.165) is 12.8 Å². The molecule has 1 aliphatic heterocycles. The molecule has 25 heavy (non-hydrogen) atoms. The highest BCUT2D eigenvalue weighted by atomic mass is 19.4. The van der Waals surface area contributed by atoms with Crippen LogP contribution in [0, 0.1) is 5.92 Å². The van der Waals surface area contributed by atoms with Crippen LogP contribution in [0.25, 0.3) is 0 Å². The number of hydrogen-bond acceptors (Lipinski definition) is 3. The van der Waals surface area contributed by atoms with E-state index in [1.54, 1.807) is 11.0 Å². The lowest BCUT2D eigenvalue weighted by Crippen LogP contribution is -2.34.